The minimum absolute atomic E-state index is 0.224. The molecule has 2 aromatic heterocycles. The third-order valence-electron chi connectivity index (χ3n) is 2.41. The Kier molecular flexibility index (Phi) is 3.42. The van der Waals surface area contributed by atoms with Crippen LogP contribution in [0.1, 0.15) is 16.2 Å². The van der Waals surface area contributed by atoms with Crippen LogP contribution in [0.2, 0.25) is 0 Å². The molecule has 18 heavy (non-hydrogen) atoms. The van der Waals surface area contributed by atoms with Crippen LogP contribution >= 0.6 is 0 Å². The van der Waals surface area contributed by atoms with Crippen LogP contribution in [-0.4, -0.2) is 44.9 Å². The highest BCUT2D eigenvalue weighted by molar-refractivity contribution is 6.02. The predicted molar refractivity (Wildman–Crippen MR) is 67.1 cm³/mol. The van der Waals surface area contributed by atoms with E-state index in [9.17, 15) is 4.79 Å². The zero-order chi connectivity index (χ0) is 13.1. The molecule has 0 aromatic carbocycles. The Morgan fingerprint density at radius 3 is 2.94 bits per heavy atom. The molecule has 0 radical (unpaired) electrons. The maximum atomic E-state index is 11.9. The van der Waals surface area contributed by atoms with E-state index in [-0.39, 0.29) is 5.91 Å². The molecule has 0 spiro atoms. The van der Waals surface area contributed by atoms with Crippen molar-refractivity contribution in [3.63, 3.8) is 0 Å². The Balaban J connectivity index is 2.04. The quantitative estimate of drug-likeness (QED) is 0.823. The van der Waals surface area contributed by atoms with Crippen molar-refractivity contribution in [2.75, 3.05) is 19.4 Å². The summed E-state index contributed by atoms with van der Waals surface area (Å²) in [4.78, 5) is 13.9. The minimum Gasteiger partial charge on any atom is -0.304 e. The molecule has 0 aliphatic carbocycles. The summed E-state index contributed by atoms with van der Waals surface area (Å²) in [6.07, 6.45) is 1.58. The third kappa shape index (κ3) is 2.75. The standard InChI is InChI=1S/C11H16N6O/c1-16(2)7-8-6-10(15-14-8)13-11(18)9-4-5-12-17(9)3/h4-6H,7H2,1-3H3,(H2,13,14,15,18). The van der Waals surface area contributed by atoms with Crippen LogP contribution in [0.4, 0.5) is 5.82 Å². The number of amides is 1. The number of hydrogen-bond donors (Lipinski definition) is 2. The summed E-state index contributed by atoms with van der Waals surface area (Å²) in [6, 6.07) is 3.47. The lowest BCUT2D eigenvalue weighted by atomic mass is 10.3. The molecule has 1 amide bonds. The van der Waals surface area contributed by atoms with E-state index in [2.05, 4.69) is 20.6 Å². The van der Waals surface area contributed by atoms with Crippen LogP contribution < -0.4 is 5.32 Å². The number of H-pyrrole nitrogens is 1. The molecule has 0 unspecified atom stereocenters. The predicted octanol–water partition coefficient (Wildman–Crippen LogP) is 0.457. The largest absolute Gasteiger partial charge is 0.304 e. The number of carbonyl (C=O) groups excluding carboxylic acids is 1. The van der Waals surface area contributed by atoms with Gasteiger partial charge in [0.15, 0.2) is 5.82 Å². The summed E-state index contributed by atoms with van der Waals surface area (Å²) < 4.78 is 1.52. The zero-order valence-corrected chi connectivity index (χ0v) is 10.6. The molecule has 0 saturated heterocycles. The van der Waals surface area contributed by atoms with Gasteiger partial charge in [0.05, 0.1) is 5.69 Å². The lowest BCUT2D eigenvalue weighted by molar-refractivity contribution is 0.101. The fourth-order valence-electron chi connectivity index (χ4n) is 1.62. The maximum absolute atomic E-state index is 11.9. The molecular weight excluding hydrogens is 232 g/mol. The first-order valence-corrected chi connectivity index (χ1v) is 5.54. The van der Waals surface area contributed by atoms with E-state index in [0.29, 0.717) is 11.5 Å². The number of aryl methyl sites for hydroxylation is 1. The molecule has 7 heteroatoms. The van der Waals surface area contributed by atoms with Crippen LogP contribution in [0.3, 0.4) is 0 Å². The lowest BCUT2D eigenvalue weighted by Gasteiger charge is -2.05. The highest BCUT2D eigenvalue weighted by Gasteiger charge is 2.11. The van der Waals surface area contributed by atoms with Crippen molar-refractivity contribution >= 4 is 11.7 Å². The number of nitrogens with one attached hydrogen (secondary N) is 2. The smallest absolute Gasteiger partial charge is 0.275 e. The van der Waals surface area contributed by atoms with Gasteiger partial charge in [0.2, 0.25) is 0 Å². The maximum Gasteiger partial charge on any atom is 0.275 e. The van der Waals surface area contributed by atoms with Gasteiger partial charge < -0.3 is 10.2 Å². The Hall–Kier alpha value is -2.15. The summed E-state index contributed by atoms with van der Waals surface area (Å²) in [5.41, 5.74) is 1.44. The Labute approximate surface area is 105 Å². The second kappa shape index (κ2) is 5.01. The highest BCUT2D eigenvalue weighted by Crippen LogP contribution is 2.08. The zero-order valence-electron chi connectivity index (χ0n) is 10.6. The van der Waals surface area contributed by atoms with E-state index in [1.54, 1.807) is 19.3 Å². The van der Waals surface area contributed by atoms with Crippen molar-refractivity contribution < 1.29 is 4.79 Å². The molecule has 0 saturated carbocycles. The van der Waals surface area contributed by atoms with Gasteiger partial charge in [0, 0.05) is 25.9 Å². The van der Waals surface area contributed by atoms with Gasteiger partial charge in [-0.15, -0.1) is 0 Å². The molecule has 0 atom stereocenters. The van der Waals surface area contributed by atoms with Crippen molar-refractivity contribution in [2.24, 2.45) is 7.05 Å². The van der Waals surface area contributed by atoms with E-state index < -0.39 is 0 Å². The van der Waals surface area contributed by atoms with Crippen LogP contribution in [0.15, 0.2) is 18.3 Å². The summed E-state index contributed by atoms with van der Waals surface area (Å²) in [5.74, 6) is 0.288. The van der Waals surface area contributed by atoms with Crippen LogP contribution in [-0.2, 0) is 13.6 Å². The van der Waals surface area contributed by atoms with Gasteiger partial charge in [-0.3, -0.25) is 14.6 Å². The molecule has 2 N–H and O–H groups in total. The van der Waals surface area contributed by atoms with Gasteiger partial charge in [-0.25, -0.2) is 0 Å². The number of hydrogen-bond acceptors (Lipinski definition) is 4. The summed E-state index contributed by atoms with van der Waals surface area (Å²) in [5, 5.41) is 13.6. The number of aromatic nitrogens is 4. The molecule has 7 nitrogen and oxygen atoms in total. The van der Waals surface area contributed by atoms with Gasteiger partial charge in [-0.2, -0.15) is 10.2 Å². The topological polar surface area (TPSA) is 78.8 Å². The molecule has 2 aromatic rings. The fourth-order valence-corrected chi connectivity index (χ4v) is 1.62. The second-order valence-corrected chi connectivity index (χ2v) is 4.31. The van der Waals surface area contributed by atoms with Gasteiger partial charge in [0.1, 0.15) is 5.69 Å². The van der Waals surface area contributed by atoms with E-state index in [0.717, 1.165) is 12.2 Å². The average molecular weight is 248 g/mol. The first-order valence-electron chi connectivity index (χ1n) is 5.54. The summed E-state index contributed by atoms with van der Waals surface area (Å²) in [7, 11) is 5.65. The van der Waals surface area contributed by atoms with E-state index in [4.69, 9.17) is 0 Å². The SMILES string of the molecule is CN(C)Cc1cc(NC(=O)c2ccnn2C)n[nH]1. The van der Waals surface area contributed by atoms with Crippen molar-refractivity contribution in [3.05, 3.63) is 29.7 Å². The molecule has 2 heterocycles. The third-order valence-corrected chi connectivity index (χ3v) is 2.41. The Morgan fingerprint density at radius 1 is 1.56 bits per heavy atom. The Bertz CT molecular complexity index is 541. The van der Waals surface area contributed by atoms with E-state index in [1.165, 1.54) is 4.68 Å². The second-order valence-electron chi connectivity index (χ2n) is 4.31. The molecule has 0 bridgehead atoms. The van der Waals surface area contributed by atoms with Crippen LogP contribution in [0.25, 0.3) is 0 Å². The monoisotopic (exact) mass is 248 g/mol. The molecule has 2 rings (SSSR count). The highest BCUT2D eigenvalue weighted by atomic mass is 16.2. The first kappa shape index (κ1) is 12.3. The van der Waals surface area contributed by atoms with E-state index in [1.807, 2.05) is 25.1 Å². The lowest BCUT2D eigenvalue weighted by Crippen LogP contribution is -2.16. The van der Waals surface area contributed by atoms with Gasteiger partial charge in [0.25, 0.3) is 5.91 Å². The van der Waals surface area contributed by atoms with Crippen LogP contribution in [0.5, 0.6) is 0 Å². The number of nitrogens with zero attached hydrogens (tertiary/aromatic N) is 4. The first-order chi connectivity index (χ1) is 8.56. The molecule has 0 aliphatic rings. The van der Waals surface area contributed by atoms with Crippen molar-refractivity contribution in [3.8, 4) is 0 Å². The summed E-state index contributed by atoms with van der Waals surface area (Å²) >= 11 is 0. The number of carbonyl (C=O) groups is 1. The number of anilines is 1. The molecule has 0 aliphatic heterocycles. The molecule has 0 fully saturated rings. The van der Waals surface area contributed by atoms with Crippen molar-refractivity contribution in [1.29, 1.82) is 0 Å². The van der Waals surface area contributed by atoms with Crippen molar-refractivity contribution in [2.45, 2.75) is 6.54 Å². The fraction of sp³-hybridized carbons (Fsp3) is 0.364. The number of aromatic amines is 1. The normalized spacial score (nSPS) is 10.9. The molecule has 96 valence electrons. The summed E-state index contributed by atoms with van der Waals surface area (Å²) in [6.45, 7) is 0.745. The van der Waals surface area contributed by atoms with Gasteiger partial charge >= 0.3 is 0 Å². The molecular formula is C11H16N6O. The van der Waals surface area contributed by atoms with Crippen molar-refractivity contribution in [1.82, 2.24) is 24.9 Å². The van der Waals surface area contributed by atoms with Gasteiger partial charge in [-0.1, -0.05) is 0 Å². The average Bonchev–Trinajstić information content (AvgIpc) is 2.87. The van der Waals surface area contributed by atoms with Gasteiger partial charge in [-0.05, 0) is 20.2 Å². The number of rotatable bonds is 4. The van der Waals surface area contributed by atoms with E-state index >= 15 is 0 Å². The minimum atomic E-state index is -0.224. The Morgan fingerprint density at radius 2 is 2.33 bits per heavy atom. The van der Waals surface area contributed by atoms with Crippen LogP contribution in [0, 0.1) is 0 Å².